The molecule has 25 heavy (non-hydrogen) atoms. The SMILES string of the molecule is CCn1c(=O)oc2cc(N3C(N)=NC(N)=NC34CCCCC4)ccc21. The van der Waals surface area contributed by atoms with E-state index < -0.39 is 5.66 Å². The Balaban J connectivity index is 1.85. The zero-order valence-corrected chi connectivity index (χ0v) is 14.2. The third kappa shape index (κ3) is 2.40. The van der Waals surface area contributed by atoms with E-state index in [1.54, 1.807) is 4.57 Å². The first-order chi connectivity index (χ1) is 12.0. The van der Waals surface area contributed by atoms with Crippen molar-refractivity contribution < 1.29 is 4.42 Å². The number of oxazole rings is 1. The van der Waals surface area contributed by atoms with Crippen molar-refractivity contribution in [2.75, 3.05) is 4.90 Å². The molecule has 8 nitrogen and oxygen atoms in total. The molecule has 1 spiro atoms. The first-order valence-electron chi connectivity index (χ1n) is 8.67. The van der Waals surface area contributed by atoms with Gasteiger partial charge in [0.15, 0.2) is 5.58 Å². The summed E-state index contributed by atoms with van der Waals surface area (Å²) in [6, 6.07) is 5.64. The topological polar surface area (TPSA) is 115 Å². The monoisotopic (exact) mass is 342 g/mol. The molecule has 0 atom stereocenters. The molecule has 0 radical (unpaired) electrons. The molecule has 1 aromatic heterocycles. The summed E-state index contributed by atoms with van der Waals surface area (Å²) in [6.45, 7) is 2.47. The average molecular weight is 342 g/mol. The van der Waals surface area contributed by atoms with Gasteiger partial charge in [0.25, 0.3) is 0 Å². The van der Waals surface area contributed by atoms with Crippen LogP contribution in [0.5, 0.6) is 0 Å². The Morgan fingerprint density at radius 3 is 2.72 bits per heavy atom. The Kier molecular flexibility index (Phi) is 3.55. The summed E-state index contributed by atoms with van der Waals surface area (Å²) in [5.41, 5.74) is 13.7. The lowest BCUT2D eigenvalue weighted by atomic mass is 9.87. The summed E-state index contributed by atoms with van der Waals surface area (Å²) in [7, 11) is 0. The minimum Gasteiger partial charge on any atom is -0.408 e. The standard InChI is InChI=1S/C17H22N6O2/c1-2-22-12-7-6-11(10-13(12)25-16(22)24)23-15(19)20-14(18)21-17(23)8-4-3-5-9-17/h6-7,10H,2-5,8-9H2,1H3,(H4,18,19,20,21). The van der Waals surface area contributed by atoms with Gasteiger partial charge in [-0.25, -0.2) is 9.79 Å². The van der Waals surface area contributed by atoms with Gasteiger partial charge in [0.1, 0.15) is 5.66 Å². The number of hydrogen-bond acceptors (Lipinski definition) is 7. The van der Waals surface area contributed by atoms with Crippen LogP contribution in [0.15, 0.2) is 37.4 Å². The van der Waals surface area contributed by atoms with Gasteiger partial charge in [-0.2, -0.15) is 4.99 Å². The van der Waals surface area contributed by atoms with Gasteiger partial charge in [-0.1, -0.05) is 6.42 Å². The first kappa shape index (κ1) is 15.7. The van der Waals surface area contributed by atoms with Crippen LogP contribution in [0.2, 0.25) is 0 Å². The van der Waals surface area contributed by atoms with Crippen LogP contribution in [0.3, 0.4) is 0 Å². The van der Waals surface area contributed by atoms with Crippen molar-refractivity contribution in [3.63, 3.8) is 0 Å². The van der Waals surface area contributed by atoms with Crippen molar-refractivity contribution >= 4 is 28.7 Å². The van der Waals surface area contributed by atoms with Crippen LogP contribution in [0.4, 0.5) is 5.69 Å². The largest absolute Gasteiger partial charge is 0.419 e. The number of guanidine groups is 2. The second kappa shape index (κ2) is 5.65. The highest BCUT2D eigenvalue weighted by atomic mass is 16.4. The molecule has 1 aliphatic heterocycles. The van der Waals surface area contributed by atoms with E-state index in [4.69, 9.17) is 15.9 Å². The van der Waals surface area contributed by atoms with E-state index in [9.17, 15) is 4.79 Å². The molecular weight excluding hydrogens is 320 g/mol. The van der Waals surface area contributed by atoms with E-state index in [1.807, 2.05) is 30.0 Å². The quantitative estimate of drug-likeness (QED) is 0.862. The van der Waals surface area contributed by atoms with Crippen molar-refractivity contribution in [3.05, 3.63) is 28.7 Å². The normalized spacial score (nSPS) is 20.0. The molecule has 1 saturated carbocycles. The summed E-state index contributed by atoms with van der Waals surface area (Å²) >= 11 is 0. The molecule has 2 aliphatic rings. The Morgan fingerprint density at radius 2 is 2.00 bits per heavy atom. The molecule has 1 fully saturated rings. The molecule has 4 rings (SSSR count). The minimum absolute atomic E-state index is 0.223. The summed E-state index contributed by atoms with van der Waals surface area (Å²) in [4.78, 5) is 22.7. The Bertz CT molecular complexity index is 932. The van der Waals surface area contributed by atoms with Crippen molar-refractivity contribution in [2.45, 2.75) is 51.2 Å². The second-order valence-electron chi connectivity index (χ2n) is 6.58. The lowest BCUT2D eigenvalue weighted by Crippen LogP contribution is -2.58. The zero-order chi connectivity index (χ0) is 17.6. The van der Waals surface area contributed by atoms with Gasteiger partial charge in [-0.3, -0.25) is 9.47 Å². The maximum atomic E-state index is 12.0. The van der Waals surface area contributed by atoms with Crippen LogP contribution in [0.25, 0.3) is 11.1 Å². The van der Waals surface area contributed by atoms with Crippen LogP contribution >= 0.6 is 0 Å². The van der Waals surface area contributed by atoms with Gasteiger partial charge < -0.3 is 15.9 Å². The Hall–Kier alpha value is -2.77. The second-order valence-corrected chi connectivity index (χ2v) is 6.58. The Labute approximate surface area is 144 Å². The molecule has 0 unspecified atom stereocenters. The highest BCUT2D eigenvalue weighted by molar-refractivity contribution is 6.06. The van der Waals surface area contributed by atoms with Gasteiger partial charge in [0, 0.05) is 12.6 Å². The van der Waals surface area contributed by atoms with Crippen LogP contribution in [-0.4, -0.2) is 22.1 Å². The van der Waals surface area contributed by atoms with Gasteiger partial charge in [-0.05, 0) is 44.7 Å². The van der Waals surface area contributed by atoms with Crippen LogP contribution in [0, 0.1) is 0 Å². The maximum Gasteiger partial charge on any atom is 0.419 e. The summed E-state index contributed by atoms with van der Waals surface area (Å²) in [5, 5.41) is 0. The molecule has 0 bridgehead atoms. The number of hydrogen-bond donors (Lipinski definition) is 2. The fourth-order valence-corrected chi connectivity index (χ4v) is 3.99. The number of aryl methyl sites for hydroxylation is 1. The summed E-state index contributed by atoms with van der Waals surface area (Å²) in [5.74, 6) is 0.191. The number of aliphatic imine (C=N–C) groups is 2. The van der Waals surface area contributed by atoms with Gasteiger partial charge in [0.05, 0.1) is 11.2 Å². The molecule has 4 N–H and O–H groups in total. The molecule has 2 aromatic rings. The van der Waals surface area contributed by atoms with Gasteiger partial charge in [0.2, 0.25) is 11.9 Å². The molecule has 1 aromatic carbocycles. The van der Waals surface area contributed by atoms with Crippen LogP contribution < -0.4 is 22.1 Å². The lowest BCUT2D eigenvalue weighted by molar-refractivity contribution is 0.305. The van der Waals surface area contributed by atoms with E-state index >= 15 is 0 Å². The van der Waals surface area contributed by atoms with Crippen LogP contribution in [-0.2, 0) is 6.54 Å². The number of anilines is 1. The molecule has 2 heterocycles. The molecule has 0 amide bonds. The maximum absolute atomic E-state index is 12.0. The van der Waals surface area contributed by atoms with Crippen LogP contribution in [0.1, 0.15) is 39.0 Å². The van der Waals surface area contributed by atoms with Crippen molar-refractivity contribution in [1.82, 2.24) is 4.57 Å². The first-order valence-corrected chi connectivity index (χ1v) is 8.67. The summed E-state index contributed by atoms with van der Waals surface area (Å²) in [6.07, 6.45) is 5.02. The molecule has 1 aliphatic carbocycles. The third-order valence-corrected chi connectivity index (χ3v) is 5.08. The number of benzene rings is 1. The highest BCUT2D eigenvalue weighted by Crippen LogP contribution is 2.40. The Morgan fingerprint density at radius 1 is 1.24 bits per heavy atom. The molecule has 8 heteroatoms. The number of nitrogens with zero attached hydrogens (tertiary/aromatic N) is 4. The zero-order valence-electron chi connectivity index (χ0n) is 14.2. The number of rotatable bonds is 2. The van der Waals surface area contributed by atoms with Crippen molar-refractivity contribution in [3.8, 4) is 0 Å². The summed E-state index contributed by atoms with van der Waals surface area (Å²) < 4.78 is 6.99. The predicted octanol–water partition coefficient (Wildman–Crippen LogP) is 1.72. The van der Waals surface area contributed by atoms with Gasteiger partial charge >= 0.3 is 5.76 Å². The number of aromatic nitrogens is 1. The highest BCUT2D eigenvalue weighted by Gasteiger charge is 2.42. The molecular formula is C17H22N6O2. The van der Waals surface area contributed by atoms with Crippen molar-refractivity contribution in [2.24, 2.45) is 21.5 Å². The third-order valence-electron chi connectivity index (χ3n) is 5.08. The smallest absolute Gasteiger partial charge is 0.408 e. The van der Waals surface area contributed by atoms with E-state index in [0.717, 1.165) is 36.9 Å². The van der Waals surface area contributed by atoms with E-state index in [-0.39, 0.29) is 11.7 Å². The lowest BCUT2D eigenvalue weighted by Gasteiger charge is -2.45. The van der Waals surface area contributed by atoms with Gasteiger partial charge in [-0.15, -0.1) is 0 Å². The fourth-order valence-electron chi connectivity index (χ4n) is 3.99. The molecule has 132 valence electrons. The minimum atomic E-state index is -0.505. The average Bonchev–Trinajstić information content (AvgIpc) is 2.89. The van der Waals surface area contributed by atoms with E-state index in [2.05, 4.69) is 9.98 Å². The van der Waals surface area contributed by atoms with E-state index in [1.165, 1.54) is 6.42 Å². The predicted molar refractivity (Wildman–Crippen MR) is 97.7 cm³/mol. The fraction of sp³-hybridized carbons (Fsp3) is 0.471. The molecule has 0 saturated heterocycles. The van der Waals surface area contributed by atoms with E-state index in [0.29, 0.717) is 18.1 Å². The van der Waals surface area contributed by atoms with Crippen molar-refractivity contribution in [1.29, 1.82) is 0 Å². The number of nitrogens with two attached hydrogens (primary N) is 2. The number of fused-ring (bicyclic) bond motifs is 1.